The molecule has 3 rings (SSSR count). The molecule has 0 amide bonds. The van der Waals surface area contributed by atoms with Gasteiger partial charge in [-0.05, 0) is 24.1 Å². The Balaban J connectivity index is 2.00. The third kappa shape index (κ3) is 1.96. The number of nitrogens with two attached hydrogens (primary N) is 1. The summed E-state index contributed by atoms with van der Waals surface area (Å²) in [6.07, 6.45) is 3.25. The number of anilines is 1. The van der Waals surface area contributed by atoms with Crippen LogP contribution < -0.4 is 5.73 Å². The number of aromatic nitrogens is 1. The van der Waals surface area contributed by atoms with Gasteiger partial charge in [-0.1, -0.05) is 11.8 Å². The fraction of sp³-hybridized carbons (Fsp3) is 0.167. The molecule has 1 aliphatic rings. The molecule has 0 unspecified atom stereocenters. The van der Waals surface area contributed by atoms with Gasteiger partial charge in [0.15, 0.2) is 5.78 Å². The maximum atomic E-state index is 11.7. The molecule has 1 aromatic carbocycles. The van der Waals surface area contributed by atoms with Crippen molar-refractivity contribution in [2.45, 2.75) is 21.9 Å². The molecular formula is C12H10N2OS2. The fourth-order valence-electron chi connectivity index (χ4n) is 1.94. The highest BCUT2D eigenvalue weighted by Crippen LogP contribution is 2.37. The average molecular weight is 262 g/mol. The summed E-state index contributed by atoms with van der Waals surface area (Å²) in [5, 5.41) is 0. The molecule has 1 aliphatic carbocycles. The minimum atomic E-state index is 0.228. The topological polar surface area (TPSA) is 56.0 Å². The van der Waals surface area contributed by atoms with E-state index in [1.54, 1.807) is 28.6 Å². The van der Waals surface area contributed by atoms with Crippen molar-refractivity contribution in [1.82, 2.24) is 4.98 Å². The molecule has 0 aliphatic heterocycles. The Morgan fingerprint density at radius 1 is 1.35 bits per heavy atom. The van der Waals surface area contributed by atoms with Crippen LogP contribution in [0.4, 0.5) is 5.69 Å². The summed E-state index contributed by atoms with van der Waals surface area (Å²) in [5.41, 5.74) is 10.5. The van der Waals surface area contributed by atoms with E-state index in [0.29, 0.717) is 6.42 Å². The summed E-state index contributed by atoms with van der Waals surface area (Å²) in [6.45, 7) is 0. The first kappa shape index (κ1) is 10.8. The average Bonchev–Trinajstić information content (AvgIpc) is 2.92. The third-order valence-electron chi connectivity index (χ3n) is 2.78. The Morgan fingerprint density at radius 3 is 3.00 bits per heavy atom. The minimum Gasteiger partial charge on any atom is -0.398 e. The Bertz CT molecular complexity index is 578. The molecule has 0 radical (unpaired) electrons. The number of nitrogen functional groups attached to an aromatic ring is 1. The predicted octanol–water partition coefficient (Wildman–Crippen LogP) is 3.01. The molecule has 86 valence electrons. The fourth-order valence-corrected chi connectivity index (χ4v) is 3.57. The first-order chi connectivity index (χ1) is 8.24. The van der Waals surface area contributed by atoms with Gasteiger partial charge in [-0.25, -0.2) is 0 Å². The number of rotatable bonds is 2. The second-order valence-electron chi connectivity index (χ2n) is 3.89. The van der Waals surface area contributed by atoms with E-state index in [-0.39, 0.29) is 5.78 Å². The van der Waals surface area contributed by atoms with Gasteiger partial charge < -0.3 is 5.73 Å². The van der Waals surface area contributed by atoms with E-state index >= 15 is 0 Å². The van der Waals surface area contributed by atoms with Gasteiger partial charge in [0.05, 0.1) is 15.9 Å². The van der Waals surface area contributed by atoms with Crippen LogP contribution in [0.1, 0.15) is 22.3 Å². The number of thiazole rings is 1. The van der Waals surface area contributed by atoms with Crippen molar-refractivity contribution >= 4 is 34.6 Å². The van der Waals surface area contributed by atoms with Crippen LogP contribution in [0, 0.1) is 0 Å². The van der Waals surface area contributed by atoms with E-state index in [4.69, 9.17) is 5.73 Å². The van der Waals surface area contributed by atoms with Gasteiger partial charge in [0.25, 0.3) is 0 Å². The van der Waals surface area contributed by atoms with Gasteiger partial charge in [0, 0.05) is 22.6 Å². The molecular weight excluding hydrogens is 252 g/mol. The highest BCUT2D eigenvalue weighted by Gasteiger charge is 2.21. The lowest BCUT2D eigenvalue weighted by molar-refractivity contribution is 0.0994. The van der Waals surface area contributed by atoms with Crippen LogP contribution in [-0.4, -0.2) is 10.8 Å². The number of carbonyl (C=O) groups is 1. The monoisotopic (exact) mass is 262 g/mol. The Kier molecular flexibility index (Phi) is 2.64. The Morgan fingerprint density at radius 2 is 2.24 bits per heavy atom. The third-order valence-corrected chi connectivity index (χ3v) is 4.76. The number of ketones is 1. The predicted molar refractivity (Wildman–Crippen MR) is 69.7 cm³/mol. The van der Waals surface area contributed by atoms with Crippen molar-refractivity contribution < 1.29 is 4.79 Å². The Hall–Kier alpha value is -1.33. The van der Waals surface area contributed by atoms with E-state index in [1.165, 1.54) is 0 Å². The van der Waals surface area contributed by atoms with Gasteiger partial charge in [-0.2, -0.15) is 0 Å². The standard InChI is InChI=1S/C12H10N2OS2/c13-9-3-7-1-2-10(15)8(7)4-11(9)17-12-5-14-6-16-12/h3-6H,1-2,13H2. The second-order valence-corrected chi connectivity index (χ2v) is 6.12. The van der Waals surface area contributed by atoms with E-state index in [9.17, 15) is 4.79 Å². The van der Waals surface area contributed by atoms with Crippen molar-refractivity contribution in [3.8, 4) is 0 Å². The van der Waals surface area contributed by atoms with E-state index in [1.807, 2.05) is 18.3 Å². The number of nitrogens with zero attached hydrogens (tertiary/aromatic N) is 1. The van der Waals surface area contributed by atoms with Crippen LogP contribution in [0.2, 0.25) is 0 Å². The SMILES string of the molecule is Nc1cc2c(cc1Sc1cncs1)C(=O)CC2. The van der Waals surface area contributed by atoms with Gasteiger partial charge >= 0.3 is 0 Å². The highest BCUT2D eigenvalue weighted by molar-refractivity contribution is 8.01. The van der Waals surface area contributed by atoms with Gasteiger partial charge in [0.2, 0.25) is 0 Å². The maximum absolute atomic E-state index is 11.7. The van der Waals surface area contributed by atoms with Crippen molar-refractivity contribution in [3.05, 3.63) is 35.0 Å². The van der Waals surface area contributed by atoms with Gasteiger partial charge in [-0.15, -0.1) is 11.3 Å². The molecule has 0 atom stereocenters. The normalized spacial score (nSPS) is 14.0. The number of aryl methyl sites for hydroxylation is 1. The van der Waals surface area contributed by atoms with Crippen LogP contribution in [0.3, 0.4) is 0 Å². The molecule has 5 heteroatoms. The number of hydrogen-bond donors (Lipinski definition) is 1. The lowest BCUT2D eigenvalue weighted by atomic mass is 10.1. The lowest BCUT2D eigenvalue weighted by Crippen LogP contribution is -1.95. The molecule has 0 fully saturated rings. The molecule has 2 N–H and O–H groups in total. The smallest absolute Gasteiger partial charge is 0.163 e. The molecule has 3 nitrogen and oxygen atoms in total. The summed E-state index contributed by atoms with van der Waals surface area (Å²) in [4.78, 5) is 16.6. The maximum Gasteiger partial charge on any atom is 0.163 e. The van der Waals surface area contributed by atoms with Gasteiger partial charge in [0.1, 0.15) is 0 Å². The second kappa shape index (κ2) is 4.16. The quantitative estimate of drug-likeness (QED) is 0.845. The van der Waals surface area contributed by atoms with Crippen molar-refractivity contribution in [3.63, 3.8) is 0 Å². The van der Waals surface area contributed by atoms with Crippen LogP contribution in [-0.2, 0) is 6.42 Å². The minimum absolute atomic E-state index is 0.228. The lowest BCUT2D eigenvalue weighted by Gasteiger charge is -2.06. The van der Waals surface area contributed by atoms with Gasteiger partial charge in [-0.3, -0.25) is 9.78 Å². The first-order valence-corrected chi connectivity index (χ1v) is 6.95. The van der Waals surface area contributed by atoms with Crippen LogP contribution in [0.25, 0.3) is 0 Å². The van der Waals surface area contributed by atoms with E-state index < -0.39 is 0 Å². The molecule has 1 heterocycles. The molecule has 17 heavy (non-hydrogen) atoms. The number of fused-ring (bicyclic) bond motifs is 1. The molecule has 0 saturated carbocycles. The van der Waals surface area contributed by atoms with Crippen molar-refractivity contribution in [2.24, 2.45) is 0 Å². The van der Waals surface area contributed by atoms with E-state index in [2.05, 4.69) is 4.98 Å². The molecule has 2 aromatic rings. The van der Waals surface area contributed by atoms with Crippen molar-refractivity contribution in [1.29, 1.82) is 0 Å². The number of hydrogen-bond acceptors (Lipinski definition) is 5. The number of Topliss-reactive ketones (excluding diaryl/α,β-unsaturated/α-hetero) is 1. The number of carbonyl (C=O) groups excluding carboxylic acids is 1. The zero-order valence-corrected chi connectivity index (χ0v) is 10.6. The zero-order chi connectivity index (χ0) is 11.8. The summed E-state index contributed by atoms with van der Waals surface area (Å²) in [7, 11) is 0. The summed E-state index contributed by atoms with van der Waals surface area (Å²) < 4.78 is 1.09. The summed E-state index contributed by atoms with van der Waals surface area (Å²) >= 11 is 3.14. The molecule has 0 spiro atoms. The largest absolute Gasteiger partial charge is 0.398 e. The summed E-state index contributed by atoms with van der Waals surface area (Å²) in [6, 6.07) is 3.86. The highest BCUT2D eigenvalue weighted by atomic mass is 32.2. The molecule has 1 aromatic heterocycles. The molecule has 0 bridgehead atoms. The molecule has 0 saturated heterocycles. The van der Waals surface area contributed by atoms with Crippen molar-refractivity contribution in [2.75, 3.05) is 5.73 Å². The van der Waals surface area contributed by atoms with Crippen LogP contribution in [0.15, 0.2) is 32.9 Å². The number of benzene rings is 1. The zero-order valence-electron chi connectivity index (χ0n) is 8.97. The van der Waals surface area contributed by atoms with E-state index in [0.717, 1.165) is 32.3 Å². The summed E-state index contributed by atoms with van der Waals surface area (Å²) in [5.74, 6) is 0.228. The van der Waals surface area contributed by atoms with Crippen LogP contribution >= 0.6 is 23.1 Å². The Labute approximate surface area is 107 Å². The first-order valence-electron chi connectivity index (χ1n) is 5.26. The van der Waals surface area contributed by atoms with Crippen LogP contribution in [0.5, 0.6) is 0 Å².